The maximum atomic E-state index is 12.6. The van der Waals surface area contributed by atoms with Gasteiger partial charge in [0.2, 0.25) is 5.91 Å². The normalized spacial score (nSPS) is 16.0. The molecule has 1 saturated heterocycles. The van der Waals surface area contributed by atoms with E-state index in [-0.39, 0.29) is 11.9 Å². The van der Waals surface area contributed by atoms with E-state index in [9.17, 15) is 4.79 Å². The summed E-state index contributed by atoms with van der Waals surface area (Å²) in [6.07, 6.45) is 7.74. The second-order valence-corrected chi connectivity index (χ2v) is 8.88. The Morgan fingerprint density at radius 2 is 1.89 bits per heavy atom. The van der Waals surface area contributed by atoms with E-state index in [0.717, 1.165) is 46.8 Å². The largest absolute Gasteiger partial charge is 0.457 e. The predicted octanol–water partition coefficient (Wildman–Crippen LogP) is 4.18. The Balaban J connectivity index is 1.37. The fraction of sp³-hybridized carbons (Fsp3) is 0.259. The molecular formula is C27H28N6O2. The van der Waals surface area contributed by atoms with Crippen molar-refractivity contribution in [3.05, 3.63) is 79.3 Å². The van der Waals surface area contributed by atoms with Gasteiger partial charge in [0.1, 0.15) is 23.5 Å². The Morgan fingerprint density at radius 1 is 1.11 bits per heavy atom. The molecule has 1 atom stereocenters. The molecule has 4 aromatic rings. The number of amides is 1. The zero-order valence-electron chi connectivity index (χ0n) is 19.9. The minimum absolute atomic E-state index is 0.0367. The first kappa shape index (κ1) is 22.7. The number of para-hydroxylation sites is 1. The first-order valence-electron chi connectivity index (χ1n) is 11.7. The lowest BCUT2D eigenvalue weighted by Gasteiger charge is -2.15. The summed E-state index contributed by atoms with van der Waals surface area (Å²) in [6, 6.07) is 17.6. The first-order valence-corrected chi connectivity index (χ1v) is 11.7. The number of benzene rings is 2. The van der Waals surface area contributed by atoms with Crippen LogP contribution in [0.3, 0.4) is 0 Å². The van der Waals surface area contributed by atoms with Gasteiger partial charge in [-0.3, -0.25) is 4.79 Å². The zero-order valence-corrected chi connectivity index (χ0v) is 19.9. The molecule has 0 bridgehead atoms. The molecule has 8 heteroatoms. The van der Waals surface area contributed by atoms with Gasteiger partial charge >= 0.3 is 0 Å². The van der Waals surface area contributed by atoms with Gasteiger partial charge in [-0.05, 0) is 56.9 Å². The molecule has 0 aliphatic carbocycles. The number of hydrogen-bond donors (Lipinski definition) is 0. The van der Waals surface area contributed by atoms with E-state index in [0.29, 0.717) is 13.1 Å². The van der Waals surface area contributed by atoms with E-state index >= 15 is 0 Å². The van der Waals surface area contributed by atoms with E-state index in [1.165, 1.54) is 0 Å². The molecule has 8 nitrogen and oxygen atoms in total. The monoisotopic (exact) mass is 468 g/mol. The third kappa shape index (κ3) is 5.07. The highest BCUT2D eigenvalue weighted by Gasteiger charge is 2.29. The number of hydrogen-bond acceptors (Lipinski definition) is 6. The quantitative estimate of drug-likeness (QED) is 0.379. The number of aromatic nitrogens is 4. The van der Waals surface area contributed by atoms with Crippen LogP contribution in [0.2, 0.25) is 0 Å². The van der Waals surface area contributed by atoms with Gasteiger partial charge in [0, 0.05) is 37.5 Å². The number of fused-ring (bicyclic) bond motifs is 1. The number of rotatable bonds is 7. The highest BCUT2D eigenvalue weighted by molar-refractivity contribution is 5.91. The summed E-state index contributed by atoms with van der Waals surface area (Å²) in [4.78, 5) is 25.3. The topological polar surface area (TPSA) is 76.4 Å². The summed E-state index contributed by atoms with van der Waals surface area (Å²) in [5, 5.41) is 5.83. The zero-order chi connectivity index (χ0) is 24.2. The molecule has 0 N–H and O–H groups in total. The van der Waals surface area contributed by atoms with Crippen molar-refractivity contribution in [1.82, 2.24) is 29.5 Å². The van der Waals surface area contributed by atoms with Gasteiger partial charge in [0.15, 0.2) is 5.65 Å². The van der Waals surface area contributed by atoms with Crippen LogP contribution in [0.25, 0.3) is 22.3 Å². The number of likely N-dealkylation sites (N-methyl/N-ethyl adjacent to an activating group) is 1. The van der Waals surface area contributed by atoms with Crippen LogP contribution in [0.4, 0.5) is 0 Å². The van der Waals surface area contributed by atoms with Gasteiger partial charge in [0.25, 0.3) is 0 Å². The van der Waals surface area contributed by atoms with Crippen LogP contribution in [-0.4, -0.2) is 69.2 Å². The van der Waals surface area contributed by atoms with Crippen LogP contribution in [0.15, 0.2) is 79.3 Å². The number of carbonyl (C=O) groups excluding carboxylic acids is 1. The van der Waals surface area contributed by atoms with Gasteiger partial charge in [-0.2, -0.15) is 5.10 Å². The van der Waals surface area contributed by atoms with Crippen molar-refractivity contribution in [1.29, 1.82) is 0 Å². The number of likely N-dealkylation sites (tertiary alicyclic amines) is 1. The standard InChI is InChI=1S/C27H28N6O2/c1-31(2)15-6-9-25(34)32-16-14-21(18-32)33-27-24(17-28-19-29-27)26(30-33)20-10-12-23(13-11-20)35-22-7-4-3-5-8-22/h3-13,17,19,21H,14-16,18H2,1-2H3/b9-6+. The van der Waals surface area contributed by atoms with Crippen molar-refractivity contribution >= 4 is 16.9 Å². The predicted molar refractivity (Wildman–Crippen MR) is 135 cm³/mol. The van der Waals surface area contributed by atoms with Gasteiger partial charge in [-0.25, -0.2) is 14.6 Å². The van der Waals surface area contributed by atoms with Crippen LogP contribution in [0.1, 0.15) is 12.5 Å². The molecule has 1 fully saturated rings. The fourth-order valence-electron chi connectivity index (χ4n) is 4.27. The third-order valence-corrected chi connectivity index (χ3v) is 6.03. The van der Waals surface area contributed by atoms with Crippen molar-refractivity contribution in [3.63, 3.8) is 0 Å². The lowest BCUT2D eigenvalue weighted by atomic mass is 10.1. The van der Waals surface area contributed by atoms with E-state index in [1.54, 1.807) is 18.6 Å². The Hall–Kier alpha value is -4.04. The molecule has 0 spiro atoms. The Morgan fingerprint density at radius 3 is 2.66 bits per heavy atom. The minimum Gasteiger partial charge on any atom is -0.457 e. The van der Waals surface area contributed by atoms with Crippen molar-refractivity contribution in [2.45, 2.75) is 12.5 Å². The molecule has 2 aromatic carbocycles. The maximum absolute atomic E-state index is 12.6. The van der Waals surface area contributed by atoms with Crippen molar-refractivity contribution in [2.75, 3.05) is 33.7 Å². The Labute approximate surface area is 204 Å². The average Bonchev–Trinajstić information content (AvgIpc) is 3.50. The maximum Gasteiger partial charge on any atom is 0.246 e. The lowest BCUT2D eigenvalue weighted by molar-refractivity contribution is -0.125. The molecule has 3 heterocycles. The second kappa shape index (κ2) is 10.1. The summed E-state index contributed by atoms with van der Waals surface area (Å²) in [7, 11) is 3.96. The minimum atomic E-state index is 0.0367. The van der Waals surface area contributed by atoms with Crippen LogP contribution >= 0.6 is 0 Å². The van der Waals surface area contributed by atoms with E-state index in [1.807, 2.05) is 89.3 Å². The lowest BCUT2D eigenvalue weighted by Crippen LogP contribution is -2.28. The van der Waals surface area contributed by atoms with Gasteiger partial charge in [-0.1, -0.05) is 24.3 Å². The molecule has 35 heavy (non-hydrogen) atoms. The molecule has 178 valence electrons. The van der Waals surface area contributed by atoms with Crippen molar-refractivity contribution < 1.29 is 9.53 Å². The molecule has 1 amide bonds. The Kier molecular flexibility index (Phi) is 6.54. The van der Waals surface area contributed by atoms with Gasteiger partial charge in [0.05, 0.1) is 11.4 Å². The van der Waals surface area contributed by atoms with Crippen LogP contribution in [0, 0.1) is 0 Å². The smallest absolute Gasteiger partial charge is 0.246 e. The number of nitrogens with zero attached hydrogens (tertiary/aromatic N) is 6. The SMILES string of the molecule is CN(C)C/C=C/C(=O)N1CCC(n2nc(-c3ccc(Oc4ccccc4)cc3)c3cncnc32)C1. The van der Waals surface area contributed by atoms with E-state index < -0.39 is 0 Å². The molecular weight excluding hydrogens is 440 g/mol. The van der Waals surface area contributed by atoms with Crippen LogP contribution < -0.4 is 4.74 Å². The summed E-state index contributed by atoms with van der Waals surface area (Å²) in [6.45, 7) is 2.04. The highest BCUT2D eigenvalue weighted by Crippen LogP contribution is 2.32. The third-order valence-electron chi connectivity index (χ3n) is 6.03. The number of ether oxygens (including phenoxy) is 1. The summed E-state index contributed by atoms with van der Waals surface area (Å²) < 4.78 is 7.88. The van der Waals surface area contributed by atoms with E-state index in [4.69, 9.17) is 9.84 Å². The highest BCUT2D eigenvalue weighted by atomic mass is 16.5. The second-order valence-electron chi connectivity index (χ2n) is 8.88. The summed E-state index contributed by atoms with van der Waals surface area (Å²) >= 11 is 0. The summed E-state index contributed by atoms with van der Waals surface area (Å²) in [5.41, 5.74) is 2.56. The average molecular weight is 469 g/mol. The number of carbonyl (C=O) groups is 1. The molecule has 1 aliphatic heterocycles. The van der Waals surface area contributed by atoms with Crippen LogP contribution in [-0.2, 0) is 4.79 Å². The van der Waals surface area contributed by atoms with Crippen molar-refractivity contribution in [2.24, 2.45) is 0 Å². The van der Waals surface area contributed by atoms with E-state index in [2.05, 4.69) is 9.97 Å². The molecule has 0 radical (unpaired) electrons. The fourth-order valence-corrected chi connectivity index (χ4v) is 4.27. The first-order chi connectivity index (χ1) is 17.1. The molecule has 1 aliphatic rings. The molecule has 2 aromatic heterocycles. The molecule has 5 rings (SSSR count). The molecule has 0 saturated carbocycles. The van der Waals surface area contributed by atoms with Gasteiger partial charge < -0.3 is 14.5 Å². The van der Waals surface area contributed by atoms with Gasteiger partial charge in [-0.15, -0.1) is 0 Å². The van der Waals surface area contributed by atoms with Crippen molar-refractivity contribution in [3.8, 4) is 22.8 Å². The van der Waals surface area contributed by atoms with Crippen LogP contribution in [0.5, 0.6) is 11.5 Å². The Bertz CT molecular complexity index is 1330. The summed E-state index contributed by atoms with van der Waals surface area (Å²) in [5.74, 6) is 1.59. The molecule has 1 unspecified atom stereocenters.